The van der Waals surface area contributed by atoms with Crippen molar-refractivity contribution >= 4 is 40.6 Å². The van der Waals surface area contributed by atoms with Crippen LogP contribution < -0.4 is 4.74 Å². The zero-order chi connectivity index (χ0) is 23.4. The Kier molecular flexibility index (Phi) is 6.55. The maximum absolute atomic E-state index is 13.7. The number of benzene rings is 3. The number of carboxylic acids is 1. The number of carbonyl (C=O) groups excluding carboxylic acids is 1. The van der Waals surface area contributed by atoms with Crippen LogP contribution in [0.3, 0.4) is 0 Å². The molecule has 1 N–H and O–H groups in total. The average Bonchev–Trinajstić information content (AvgIpc) is 3.07. The van der Waals surface area contributed by atoms with Gasteiger partial charge < -0.3 is 9.84 Å². The molecule has 8 heteroatoms. The molecule has 0 aromatic heterocycles. The number of amidine groups is 1. The highest BCUT2D eigenvalue weighted by Gasteiger charge is 2.30. The lowest BCUT2D eigenvalue weighted by Crippen LogP contribution is -2.23. The largest absolute Gasteiger partial charge is 0.489 e. The smallest absolute Gasteiger partial charge is 0.335 e. The Morgan fingerprint density at radius 1 is 1.09 bits per heavy atom. The van der Waals surface area contributed by atoms with Gasteiger partial charge in [-0.15, -0.1) is 0 Å². The van der Waals surface area contributed by atoms with Crippen molar-refractivity contribution in [3.8, 4) is 5.75 Å². The standard InChI is InChI=1S/C25H19FN2O4S/c1-28-23(29)22(33-25(28)27-19-10-8-17(9-11-19)24(30)31)14-16-6-12-20(13-7-16)32-15-18-4-2-3-5-21(18)26/h2-14H,15H2,1H3,(H,30,31)/b22-14-,27-25?. The number of thioether (sulfide) groups is 1. The molecule has 3 aromatic carbocycles. The second-order valence-corrected chi connectivity index (χ2v) is 8.18. The fourth-order valence-electron chi connectivity index (χ4n) is 3.03. The van der Waals surface area contributed by atoms with Gasteiger partial charge in [-0.05, 0) is 65.9 Å². The van der Waals surface area contributed by atoms with Gasteiger partial charge >= 0.3 is 5.97 Å². The minimum absolute atomic E-state index is 0.125. The molecular weight excluding hydrogens is 443 g/mol. The summed E-state index contributed by atoms with van der Waals surface area (Å²) in [5.41, 5.74) is 2.01. The van der Waals surface area contributed by atoms with Crippen LogP contribution in [0, 0.1) is 5.82 Å². The van der Waals surface area contributed by atoms with E-state index in [0.717, 1.165) is 5.56 Å². The zero-order valence-corrected chi connectivity index (χ0v) is 18.4. The minimum atomic E-state index is -1.01. The Hall–Kier alpha value is -3.91. The summed E-state index contributed by atoms with van der Waals surface area (Å²) in [6, 6.07) is 19.7. The van der Waals surface area contributed by atoms with Gasteiger partial charge in [-0.3, -0.25) is 9.69 Å². The SMILES string of the molecule is CN1C(=O)/C(=C/c2ccc(OCc3ccccc3F)cc2)SC1=Nc1ccc(C(=O)O)cc1. The Morgan fingerprint density at radius 3 is 2.45 bits per heavy atom. The summed E-state index contributed by atoms with van der Waals surface area (Å²) >= 11 is 1.24. The van der Waals surface area contributed by atoms with Crippen molar-refractivity contribution in [2.24, 2.45) is 4.99 Å². The van der Waals surface area contributed by atoms with Crippen molar-refractivity contribution < 1.29 is 23.8 Å². The van der Waals surface area contributed by atoms with Crippen molar-refractivity contribution in [2.45, 2.75) is 6.61 Å². The number of likely N-dealkylation sites (N-methyl/N-ethyl adjacent to an activating group) is 1. The third-order valence-electron chi connectivity index (χ3n) is 4.87. The number of nitrogens with zero attached hydrogens (tertiary/aromatic N) is 2. The number of halogens is 1. The number of aliphatic imine (C=N–C) groups is 1. The summed E-state index contributed by atoms with van der Waals surface area (Å²) in [4.78, 5) is 30.0. The molecule has 33 heavy (non-hydrogen) atoms. The number of hydrogen-bond acceptors (Lipinski definition) is 5. The van der Waals surface area contributed by atoms with Gasteiger partial charge in [0.25, 0.3) is 5.91 Å². The molecule has 1 aliphatic rings. The third kappa shape index (κ3) is 5.30. The van der Waals surface area contributed by atoms with E-state index in [4.69, 9.17) is 9.84 Å². The summed E-state index contributed by atoms with van der Waals surface area (Å²) in [6.45, 7) is 0.125. The molecule has 0 unspecified atom stereocenters. The van der Waals surface area contributed by atoms with E-state index >= 15 is 0 Å². The van der Waals surface area contributed by atoms with Crippen molar-refractivity contribution in [2.75, 3.05) is 7.05 Å². The van der Waals surface area contributed by atoms with Gasteiger partial charge in [-0.1, -0.05) is 30.3 Å². The van der Waals surface area contributed by atoms with Crippen LogP contribution in [-0.4, -0.2) is 34.1 Å². The molecule has 3 aromatic rings. The molecule has 0 aliphatic carbocycles. The van der Waals surface area contributed by atoms with Gasteiger partial charge in [0.2, 0.25) is 0 Å². The monoisotopic (exact) mass is 462 g/mol. The number of ether oxygens (including phenoxy) is 1. The molecule has 6 nitrogen and oxygen atoms in total. The van der Waals surface area contributed by atoms with E-state index in [1.54, 1.807) is 55.6 Å². The van der Waals surface area contributed by atoms with E-state index in [9.17, 15) is 14.0 Å². The van der Waals surface area contributed by atoms with Crippen LogP contribution in [0.4, 0.5) is 10.1 Å². The first-order valence-corrected chi connectivity index (χ1v) is 10.8. The van der Waals surface area contributed by atoms with Crippen LogP contribution in [0.5, 0.6) is 5.75 Å². The van der Waals surface area contributed by atoms with E-state index in [1.807, 2.05) is 12.1 Å². The molecular formula is C25H19FN2O4S. The lowest BCUT2D eigenvalue weighted by molar-refractivity contribution is -0.121. The van der Waals surface area contributed by atoms with Gasteiger partial charge in [0, 0.05) is 12.6 Å². The number of carbonyl (C=O) groups is 2. The lowest BCUT2D eigenvalue weighted by Gasteiger charge is -2.07. The van der Waals surface area contributed by atoms with Crippen LogP contribution in [0.1, 0.15) is 21.5 Å². The summed E-state index contributed by atoms with van der Waals surface area (Å²) < 4.78 is 19.4. The van der Waals surface area contributed by atoms with E-state index in [0.29, 0.717) is 27.1 Å². The van der Waals surface area contributed by atoms with E-state index in [-0.39, 0.29) is 23.9 Å². The van der Waals surface area contributed by atoms with Crippen molar-refractivity contribution in [1.29, 1.82) is 0 Å². The maximum atomic E-state index is 13.7. The fourth-order valence-corrected chi connectivity index (χ4v) is 4.02. The summed E-state index contributed by atoms with van der Waals surface area (Å²) in [7, 11) is 1.64. The van der Waals surface area contributed by atoms with Gasteiger partial charge in [0.15, 0.2) is 5.17 Å². The fraction of sp³-hybridized carbons (Fsp3) is 0.0800. The first-order chi connectivity index (χ1) is 15.9. The molecule has 4 rings (SSSR count). The van der Waals surface area contributed by atoms with Crippen LogP contribution in [-0.2, 0) is 11.4 Å². The number of rotatable bonds is 6. The molecule has 1 amide bonds. The summed E-state index contributed by atoms with van der Waals surface area (Å²) in [5, 5.41) is 9.50. The average molecular weight is 463 g/mol. The molecule has 0 spiro atoms. The van der Waals surface area contributed by atoms with Gasteiger partial charge in [-0.2, -0.15) is 0 Å². The molecule has 0 atom stereocenters. The molecule has 1 aliphatic heterocycles. The molecule has 1 heterocycles. The highest BCUT2D eigenvalue weighted by molar-refractivity contribution is 8.18. The van der Waals surface area contributed by atoms with Crippen LogP contribution >= 0.6 is 11.8 Å². The Labute approximate surface area is 194 Å². The molecule has 0 bridgehead atoms. The molecule has 166 valence electrons. The first-order valence-electron chi connectivity index (χ1n) is 9.96. The summed E-state index contributed by atoms with van der Waals surface area (Å²) in [6.07, 6.45) is 1.76. The summed E-state index contributed by atoms with van der Waals surface area (Å²) in [5.74, 6) is -0.906. The van der Waals surface area contributed by atoms with Crippen LogP contribution in [0.25, 0.3) is 6.08 Å². The predicted octanol–water partition coefficient (Wildman–Crippen LogP) is 5.34. The normalized spacial score (nSPS) is 15.9. The van der Waals surface area contributed by atoms with Gasteiger partial charge in [-0.25, -0.2) is 14.2 Å². The van der Waals surface area contributed by atoms with Crippen molar-refractivity contribution in [1.82, 2.24) is 4.90 Å². The van der Waals surface area contributed by atoms with E-state index < -0.39 is 5.97 Å². The van der Waals surface area contributed by atoms with Gasteiger partial charge in [0.1, 0.15) is 18.2 Å². The molecule has 0 radical (unpaired) electrons. The Bertz CT molecular complexity index is 1250. The van der Waals surface area contributed by atoms with Crippen LogP contribution in [0.2, 0.25) is 0 Å². The zero-order valence-electron chi connectivity index (χ0n) is 17.6. The van der Waals surface area contributed by atoms with Crippen molar-refractivity contribution in [3.63, 3.8) is 0 Å². The van der Waals surface area contributed by atoms with Gasteiger partial charge in [0.05, 0.1) is 16.2 Å². The second-order valence-electron chi connectivity index (χ2n) is 7.17. The minimum Gasteiger partial charge on any atom is -0.489 e. The highest BCUT2D eigenvalue weighted by atomic mass is 32.2. The third-order valence-corrected chi connectivity index (χ3v) is 5.93. The molecule has 0 saturated carbocycles. The molecule has 1 fully saturated rings. The topological polar surface area (TPSA) is 79.2 Å². The number of hydrogen-bond donors (Lipinski definition) is 1. The second kappa shape index (κ2) is 9.70. The van der Waals surface area contributed by atoms with Crippen molar-refractivity contribution in [3.05, 3.63) is 100 Å². The highest BCUT2D eigenvalue weighted by Crippen LogP contribution is 2.33. The maximum Gasteiger partial charge on any atom is 0.335 e. The van der Waals surface area contributed by atoms with E-state index in [2.05, 4.69) is 4.99 Å². The number of aromatic carboxylic acids is 1. The Balaban J connectivity index is 1.44. The first kappa shape index (κ1) is 22.3. The number of carboxylic acid groups (broad SMARTS) is 1. The van der Waals surface area contributed by atoms with Crippen LogP contribution in [0.15, 0.2) is 82.7 Å². The quantitative estimate of drug-likeness (QED) is 0.501. The molecule has 1 saturated heterocycles. The Morgan fingerprint density at radius 2 is 1.79 bits per heavy atom. The number of amides is 1. The lowest BCUT2D eigenvalue weighted by atomic mass is 10.2. The predicted molar refractivity (Wildman–Crippen MR) is 126 cm³/mol. The van der Waals surface area contributed by atoms with E-state index in [1.165, 1.54) is 34.9 Å².